The average Bonchev–Trinajstić information content (AvgIpc) is 3.06. The third-order valence-corrected chi connectivity index (χ3v) is 4.54. The summed E-state index contributed by atoms with van der Waals surface area (Å²) >= 11 is 0. The zero-order valence-corrected chi connectivity index (χ0v) is 14.2. The molecule has 6 heteroatoms. The Kier molecular flexibility index (Phi) is 5.13. The number of rotatable bonds is 5. The Bertz CT molecular complexity index is 690. The molecule has 0 bridgehead atoms. The molecule has 128 valence electrons. The van der Waals surface area contributed by atoms with Crippen molar-refractivity contribution in [2.75, 3.05) is 20.2 Å². The van der Waals surface area contributed by atoms with Gasteiger partial charge in [0.05, 0.1) is 7.11 Å². The molecule has 6 nitrogen and oxygen atoms in total. The van der Waals surface area contributed by atoms with Gasteiger partial charge in [0, 0.05) is 25.4 Å². The number of carbonyl (C=O) groups is 1. The van der Waals surface area contributed by atoms with Crippen molar-refractivity contribution in [2.24, 2.45) is 0 Å². The number of amides is 1. The summed E-state index contributed by atoms with van der Waals surface area (Å²) in [5, 5.41) is 3.85. The second-order valence-corrected chi connectivity index (χ2v) is 6.15. The van der Waals surface area contributed by atoms with Gasteiger partial charge in [-0.25, -0.2) is 0 Å². The number of para-hydroxylation sites is 1. The topological polar surface area (TPSA) is 68.5 Å². The van der Waals surface area contributed by atoms with Gasteiger partial charge in [0.15, 0.2) is 5.82 Å². The minimum atomic E-state index is 0.195. The van der Waals surface area contributed by atoms with E-state index in [2.05, 4.69) is 10.1 Å². The average molecular weight is 329 g/mol. The third-order valence-electron chi connectivity index (χ3n) is 4.54. The molecule has 0 N–H and O–H groups in total. The summed E-state index contributed by atoms with van der Waals surface area (Å²) in [6.07, 6.45) is 2.96. The molecule has 1 fully saturated rings. The van der Waals surface area contributed by atoms with E-state index < -0.39 is 0 Å². The fraction of sp³-hybridized carbons (Fsp3) is 0.500. The number of benzene rings is 1. The Morgan fingerprint density at radius 1 is 1.33 bits per heavy atom. The third kappa shape index (κ3) is 3.75. The molecule has 3 rings (SSSR count). The van der Waals surface area contributed by atoms with Crippen LogP contribution >= 0.6 is 0 Å². The van der Waals surface area contributed by atoms with Crippen molar-refractivity contribution in [1.29, 1.82) is 0 Å². The van der Waals surface area contributed by atoms with Crippen LogP contribution in [0.25, 0.3) is 0 Å². The highest BCUT2D eigenvalue weighted by Gasteiger charge is 2.27. The standard InChI is InChI=1S/C18H23N3O3/c1-13-19-18(24-20-13)15-9-11-21(12-10-15)17(22)8-7-14-5-3-4-6-16(14)23-2/h3-6,15H,7-12H2,1-2H3. The van der Waals surface area contributed by atoms with E-state index in [1.165, 1.54) is 0 Å². The molecule has 1 aromatic carbocycles. The van der Waals surface area contributed by atoms with E-state index in [9.17, 15) is 4.79 Å². The number of nitrogens with zero attached hydrogens (tertiary/aromatic N) is 3. The molecule has 0 aliphatic carbocycles. The molecule has 1 aliphatic rings. The zero-order chi connectivity index (χ0) is 16.9. The predicted molar refractivity (Wildman–Crippen MR) is 88.9 cm³/mol. The van der Waals surface area contributed by atoms with E-state index in [0.29, 0.717) is 24.6 Å². The Morgan fingerprint density at radius 2 is 2.08 bits per heavy atom. The van der Waals surface area contributed by atoms with Gasteiger partial charge >= 0.3 is 0 Å². The molecule has 0 spiro atoms. The maximum atomic E-state index is 12.5. The van der Waals surface area contributed by atoms with Gasteiger partial charge in [-0.2, -0.15) is 4.98 Å². The first-order chi connectivity index (χ1) is 11.7. The molecule has 1 aromatic heterocycles. The summed E-state index contributed by atoms with van der Waals surface area (Å²) in [6, 6.07) is 7.85. The molecule has 0 saturated carbocycles. The van der Waals surface area contributed by atoms with Crippen LogP contribution in [0.3, 0.4) is 0 Å². The fourth-order valence-corrected chi connectivity index (χ4v) is 3.16. The van der Waals surface area contributed by atoms with Crippen LogP contribution in [0.15, 0.2) is 28.8 Å². The lowest BCUT2D eigenvalue weighted by Crippen LogP contribution is -2.38. The first kappa shape index (κ1) is 16.5. The van der Waals surface area contributed by atoms with Crippen molar-refractivity contribution >= 4 is 5.91 Å². The number of methoxy groups -OCH3 is 1. The van der Waals surface area contributed by atoms with Crippen molar-refractivity contribution in [2.45, 2.75) is 38.5 Å². The van der Waals surface area contributed by atoms with Crippen LogP contribution in [-0.2, 0) is 11.2 Å². The maximum absolute atomic E-state index is 12.5. The van der Waals surface area contributed by atoms with Crippen molar-refractivity contribution in [1.82, 2.24) is 15.0 Å². The van der Waals surface area contributed by atoms with E-state index in [4.69, 9.17) is 9.26 Å². The lowest BCUT2D eigenvalue weighted by molar-refractivity contribution is -0.132. The van der Waals surface area contributed by atoms with Crippen LogP contribution < -0.4 is 4.74 Å². The first-order valence-electron chi connectivity index (χ1n) is 8.37. The first-order valence-corrected chi connectivity index (χ1v) is 8.37. The molecular weight excluding hydrogens is 306 g/mol. The van der Waals surface area contributed by atoms with Crippen molar-refractivity contribution < 1.29 is 14.1 Å². The van der Waals surface area contributed by atoms with Gasteiger partial charge in [0.25, 0.3) is 0 Å². The molecular formula is C18H23N3O3. The number of aryl methyl sites for hydroxylation is 2. The smallest absolute Gasteiger partial charge is 0.229 e. The number of ether oxygens (including phenoxy) is 1. The van der Waals surface area contributed by atoms with Gasteiger partial charge in [-0.3, -0.25) is 4.79 Å². The SMILES string of the molecule is COc1ccccc1CCC(=O)N1CCC(c2nc(C)no2)CC1. The quantitative estimate of drug-likeness (QED) is 0.843. The van der Waals surface area contributed by atoms with E-state index in [1.807, 2.05) is 36.1 Å². The molecule has 2 aromatic rings. The van der Waals surface area contributed by atoms with E-state index in [-0.39, 0.29) is 11.8 Å². The lowest BCUT2D eigenvalue weighted by atomic mass is 9.96. The largest absolute Gasteiger partial charge is 0.496 e. The van der Waals surface area contributed by atoms with Gasteiger partial charge < -0.3 is 14.2 Å². The summed E-state index contributed by atoms with van der Waals surface area (Å²) in [5.41, 5.74) is 1.07. The Labute approximate surface area is 141 Å². The van der Waals surface area contributed by atoms with Gasteiger partial charge in [-0.15, -0.1) is 0 Å². The van der Waals surface area contributed by atoms with Crippen molar-refractivity contribution in [3.63, 3.8) is 0 Å². The normalized spacial score (nSPS) is 15.5. The molecule has 2 heterocycles. The van der Waals surface area contributed by atoms with Crippen molar-refractivity contribution in [3.05, 3.63) is 41.5 Å². The maximum Gasteiger partial charge on any atom is 0.229 e. The lowest BCUT2D eigenvalue weighted by Gasteiger charge is -2.30. The van der Waals surface area contributed by atoms with E-state index >= 15 is 0 Å². The van der Waals surface area contributed by atoms with Gasteiger partial charge in [0.2, 0.25) is 11.8 Å². The summed E-state index contributed by atoms with van der Waals surface area (Å²) in [4.78, 5) is 18.7. The second-order valence-electron chi connectivity index (χ2n) is 6.15. The van der Waals surface area contributed by atoms with Gasteiger partial charge in [-0.1, -0.05) is 23.4 Å². The van der Waals surface area contributed by atoms with Crippen LogP contribution in [0.1, 0.15) is 42.5 Å². The number of aromatic nitrogens is 2. The van der Waals surface area contributed by atoms with Crippen LogP contribution in [0.4, 0.5) is 0 Å². The molecule has 1 amide bonds. The fourth-order valence-electron chi connectivity index (χ4n) is 3.16. The highest BCUT2D eigenvalue weighted by Crippen LogP contribution is 2.27. The summed E-state index contributed by atoms with van der Waals surface area (Å²) in [5.74, 6) is 2.68. The molecule has 1 saturated heterocycles. The van der Waals surface area contributed by atoms with Crippen LogP contribution in [0, 0.1) is 6.92 Å². The summed E-state index contributed by atoms with van der Waals surface area (Å²) < 4.78 is 10.6. The number of likely N-dealkylation sites (tertiary alicyclic amines) is 1. The zero-order valence-electron chi connectivity index (χ0n) is 14.2. The van der Waals surface area contributed by atoms with Crippen LogP contribution in [-0.4, -0.2) is 41.1 Å². The minimum absolute atomic E-state index is 0.195. The molecule has 0 atom stereocenters. The highest BCUT2D eigenvalue weighted by molar-refractivity contribution is 5.76. The monoisotopic (exact) mass is 329 g/mol. The van der Waals surface area contributed by atoms with Gasteiger partial charge in [0.1, 0.15) is 5.75 Å². The van der Waals surface area contributed by atoms with Crippen LogP contribution in [0.2, 0.25) is 0 Å². The number of hydrogen-bond acceptors (Lipinski definition) is 5. The van der Waals surface area contributed by atoms with Gasteiger partial charge in [-0.05, 0) is 37.8 Å². The molecule has 0 radical (unpaired) electrons. The molecule has 0 unspecified atom stereocenters. The van der Waals surface area contributed by atoms with Crippen molar-refractivity contribution in [3.8, 4) is 5.75 Å². The molecule has 1 aliphatic heterocycles. The van der Waals surface area contributed by atoms with E-state index in [0.717, 1.165) is 37.2 Å². The predicted octanol–water partition coefficient (Wildman–Crippen LogP) is 2.73. The second kappa shape index (κ2) is 7.47. The molecule has 24 heavy (non-hydrogen) atoms. The van der Waals surface area contributed by atoms with E-state index in [1.54, 1.807) is 7.11 Å². The Balaban J connectivity index is 1.50. The number of carbonyl (C=O) groups excluding carboxylic acids is 1. The number of piperidine rings is 1. The highest BCUT2D eigenvalue weighted by atomic mass is 16.5. The van der Waals surface area contributed by atoms with Crippen LogP contribution in [0.5, 0.6) is 5.75 Å². The minimum Gasteiger partial charge on any atom is -0.496 e. The Morgan fingerprint density at radius 3 is 2.75 bits per heavy atom. The Hall–Kier alpha value is -2.37. The summed E-state index contributed by atoms with van der Waals surface area (Å²) in [7, 11) is 1.66. The number of hydrogen-bond donors (Lipinski definition) is 0. The summed E-state index contributed by atoms with van der Waals surface area (Å²) in [6.45, 7) is 3.32.